The first-order chi connectivity index (χ1) is 14.3. The lowest BCUT2D eigenvalue weighted by molar-refractivity contribution is 0.102. The molecule has 0 unspecified atom stereocenters. The second-order valence-electron chi connectivity index (χ2n) is 7.11. The molecule has 1 atom stereocenters. The van der Waals surface area contributed by atoms with Crippen molar-refractivity contribution in [3.63, 3.8) is 0 Å². The maximum absolute atomic E-state index is 13.2. The summed E-state index contributed by atoms with van der Waals surface area (Å²) in [6.07, 6.45) is 0.422. The Morgan fingerprint density at radius 2 is 1.87 bits per heavy atom. The van der Waals surface area contributed by atoms with E-state index in [2.05, 4.69) is 10.4 Å². The Morgan fingerprint density at radius 1 is 1.17 bits per heavy atom. The zero-order valence-electron chi connectivity index (χ0n) is 16.2. The number of rotatable bonds is 5. The summed E-state index contributed by atoms with van der Waals surface area (Å²) in [7, 11) is -1.57. The zero-order chi connectivity index (χ0) is 21.3. The molecule has 156 valence electrons. The van der Waals surface area contributed by atoms with E-state index >= 15 is 0 Å². The standard InChI is InChI=1S/C21H20FN3O4S/c1-29-18-8-4-14(5-9-18)19-12-20(23-21(26)15-2-6-16(22)7-3-15)25(24-19)17-10-11-30(27,28)13-17/h2-9,12,17H,10-11,13H2,1H3,(H,23,26)/t17-/m0/s1. The van der Waals surface area contributed by atoms with Crippen LogP contribution in [0.25, 0.3) is 11.3 Å². The SMILES string of the molecule is COc1ccc(-c2cc(NC(=O)c3ccc(F)cc3)n([C@H]3CCS(=O)(=O)C3)n2)cc1. The van der Waals surface area contributed by atoms with Gasteiger partial charge in [0.15, 0.2) is 9.84 Å². The summed E-state index contributed by atoms with van der Waals surface area (Å²) in [6, 6.07) is 13.8. The Hall–Kier alpha value is -3.20. The summed E-state index contributed by atoms with van der Waals surface area (Å²) in [5.41, 5.74) is 1.68. The molecular formula is C21H20FN3O4S. The highest BCUT2D eigenvalue weighted by Gasteiger charge is 2.32. The van der Waals surface area contributed by atoms with Crippen molar-refractivity contribution < 1.29 is 22.3 Å². The molecular weight excluding hydrogens is 409 g/mol. The molecule has 2 aromatic carbocycles. The monoisotopic (exact) mass is 429 g/mol. The fraction of sp³-hybridized carbons (Fsp3) is 0.238. The number of aromatic nitrogens is 2. The normalized spacial score (nSPS) is 17.6. The summed E-state index contributed by atoms with van der Waals surface area (Å²) in [5.74, 6) is 0.270. The van der Waals surface area contributed by atoms with E-state index in [0.29, 0.717) is 23.7 Å². The van der Waals surface area contributed by atoms with Gasteiger partial charge in [0, 0.05) is 17.2 Å². The number of hydrogen-bond donors (Lipinski definition) is 1. The van der Waals surface area contributed by atoms with E-state index in [1.54, 1.807) is 30.0 Å². The van der Waals surface area contributed by atoms with Crippen LogP contribution in [-0.2, 0) is 9.84 Å². The van der Waals surface area contributed by atoms with Gasteiger partial charge in [-0.1, -0.05) is 0 Å². The van der Waals surface area contributed by atoms with Gasteiger partial charge in [-0.2, -0.15) is 5.10 Å². The van der Waals surface area contributed by atoms with Crippen LogP contribution >= 0.6 is 0 Å². The molecule has 1 fully saturated rings. The number of carbonyl (C=O) groups is 1. The minimum atomic E-state index is -3.14. The van der Waals surface area contributed by atoms with Gasteiger partial charge in [-0.05, 0) is 55.0 Å². The van der Waals surface area contributed by atoms with Crippen LogP contribution < -0.4 is 10.1 Å². The van der Waals surface area contributed by atoms with E-state index in [9.17, 15) is 17.6 Å². The fourth-order valence-corrected chi connectivity index (χ4v) is 5.12. The lowest BCUT2D eigenvalue weighted by atomic mass is 10.1. The average molecular weight is 429 g/mol. The van der Waals surface area contributed by atoms with Crippen LogP contribution in [0.15, 0.2) is 54.6 Å². The maximum Gasteiger partial charge on any atom is 0.256 e. The van der Waals surface area contributed by atoms with Crippen molar-refractivity contribution in [2.75, 3.05) is 23.9 Å². The largest absolute Gasteiger partial charge is 0.497 e. The molecule has 2 heterocycles. The number of nitrogens with zero attached hydrogens (tertiary/aromatic N) is 2. The van der Waals surface area contributed by atoms with Crippen molar-refractivity contribution >= 4 is 21.6 Å². The molecule has 3 aromatic rings. The van der Waals surface area contributed by atoms with Crippen molar-refractivity contribution in [3.8, 4) is 17.0 Å². The highest BCUT2D eigenvalue weighted by molar-refractivity contribution is 7.91. The summed E-state index contributed by atoms with van der Waals surface area (Å²) in [4.78, 5) is 12.6. The van der Waals surface area contributed by atoms with Crippen molar-refractivity contribution in [2.45, 2.75) is 12.5 Å². The second kappa shape index (κ2) is 7.91. The van der Waals surface area contributed by atoms with E-state index < -0.39 is 21.6 Å². The number of nitrogens with one attached hydrogen (secondary N) is 1. The molecule has 4 rings (SSSR count). The number of amides is 1. The average Bonchev–Trinajstić information content (AvgIpc) is 3.31. The number of carbonyl (C=O) groups excluding carboxylic acids is 1. The van der Waals surface area contributed by atoms with Gasteiger partial charge in [-0.3, -0.25) is 4.79 Å². The van der Waals surface area contributed by atoms with E-state index in [4.69, 9.17) is 4.74 Å². The van der Waals surface area contributed by atoms with E-state index in [0.717, 1.165) is 5.56 Å². The molecule has 0 aliphatic carbocycles. The Morgan fingerprint density at radius 3 is 2.47 bits per heavy atom. The molecule has 0 saturated carbocycles. The minimum absolute atomic E-state index is 0.0316. The van der Waals surface area contributed by atoms with E-state index in [1.807, 2.05) is 12.1 Å². The maximum atomic E-state index is 13.2. The van der Waals surface area contributed by atoms with Crippen LogP contribution in [0.3, 0.4) is 0 Å². The highest BCUT2D eigenvalue weighted by atomic mass is 32.2. The predicted octanol–water partition coefficient (Wildman–Crippen LogP) is 3.31. The third-order valence-electron chi connectivity index (χ3n) is 5.02. The third kappa shape index (κ3) is 4.20. The van der Waals surface area contributed by atoms with Crippen LogP contribution in [0.1, 0.15) is 22.8 Å². The van der Waals surface area contributed by atoms with E-state index in [1.165, 1.54) is 24.3 Å². The summed E-state index contributed by atoms with van der Waals surface area (Å²) >= 11 is 0. The molecule has 1 amide bonds. The minimum Gasteiger partial charge on any atom is -0.497 e. The molecule has 7 nitrogen and oxygen atoms in total. The van der Waals surface area contributed by atoms with Crippen molar-refractivity contribution in [1.29, 1.82) is 0 Å². The number of sulfone groups is 1. The van der Waals surface area contributed by atoms with Gasteiger partial charge in [0.05, 0.1) is 30.4 Å². The Balaban J connectivity index is 1.68. The zero-order valence-corrected chi connectivity index (χ0v) is 17.0. The predicted molar refractivity (Wildman–Crippen MR) is 111 cm³/mol. The molecule has 0 radical (unpaired) electrons. The first-order valence-electron chi connectivity index (χ1n) is 9.36. The first kappa shape index (κ1) is 20.1. The van der Waals surface area contributed by atoms with Crippen LogP contribution in [0.5, 0.6) is 5.75 Å². The van der Waals surface area contributed by atoms with Gasteiger partial charge in [-0.15, -0.1) is 0 Å². The van der Waals surface area contributed by atoms with Crippen molar-refractivity contribution in [1.82, 2.24) is 9.78 Å². The summed E-state index contributed by atoms with van der Waals surface area (Å²) in [5, 5.41) is 7.36. The van der Waals surface area contributed by atoms with Gasteiger partial charge in [0.25, 0.3) is 5.91 Å². The Kier molecular flexibility index (Phi) is 5.29. The molecule has 0 spiro atoms. The van der Waals surface area contributed by atoms with Crippen LogP contribution in [0.2, 0.25) is 0 Å². The topological polar surface area (TPSA) is 90.3 Å². The molecule has 1 aromatic heterocycles. The summed E-state index contributed by atoms with van der Waals surface area (Å²) in [6.45, 7) is 0. The molecule has 0 bridgehead atoms. The first-order valence-corrected chi connectivity index (χ1v) is 11.2. The molecule has 1 aliphatic rings. The van der Waals surface area contributed by atoms with Gasteiger partial charge in [-0.25, -0.2) is 17.5 Å². The van der Waals surface area contributed by atoms with Gasteiger partial charge < -0.3 is 10.1 Å². The number of ether oxygens (including phenoxy) is 1. The molecule has 9 heteroatoms. The van der Waals surface area contributed by atoms with Crippen molar-refractivity contribution in [2.24, 2.45) is 0 Å². The Labute approximate surface area is 173 Å². The quantitative estimate of drug-likeness (QED) is 0.672. The number of hydrogen-bond acceptors (Lipinski definition) is 5. The number of benzene rings is 2. The van der Waals surface area contributed by atoms with Crippen LogP contribution in [-0.4, -0.2) is 42.7 Å². The fourth-order valence-electron chi connectivity index (χ4n) is 3.43. The lowest BCUT2D eigenvalue weighted by Crippen LogP contribution is -2.19. The molecule has 30 heavy (non-hydrogen) atoms. The second-order valence-corrected chi connectivity index (χ2v) is 9.33. The number of anilines is 1. The number of halogens is 1. The van der Waals surface area contributed by atoms with E-state index in [-0.39, 0.29) is 23.1 Å². The molecule has 1 N–H and O–H groups in total. The van der Waals surface area contributed by atoms with Crippen LogP contribution in [0, 0.1) is 5.82 Å². The van der Waals surface area contributed by atoms with Gasteiger partial charge in [0.2, 0.25) is 0 Å². The third-order valence-corrected chi connectivity index (χ3v) is 6.77. The smallest absolute Gasteiger partial charge is 0.256 e. The molecule has 1 saturated heterocycles. The Bertz CT molecular complexity index is 1170. The van der Waals surface area contributed by atoms with Gasteiger partial charge >= 0.3 is 0 Å². The van der Waals surface area contributed by atoms with Crippen molar-refractivity contribution in [3.05, 3.63) is 66.0 Å². The summed E-state index contributed by atoms with van der Waals surface area (Å²) < 4.78 is 43.8. The highest BCUT2D eigenvalue weighted by Crippen LogP contribution is 2.31. The van der Waals surface area contributed by atoms with Gasteiger partial charge in [0.1, 0.15) is 17.4 Å². The number of methoxy groups -OCH3 is 1. The molecule has 1 aliphatic heterocycles. The van der Waals surface area contributed by atoms with Crippen LogP contribution in [0.4, 0.5) is 10.2 Å². The lowest BCUT2D eigenvalue weighted by Gasteiger charge is -2.13.